The van der Waals surface area contributed by atoms with Crippen molar-refractivity contribution >= 4 is 27.5 Å². The molecule has 0 aromatic heterocycles. The van der Waals surface area contributed by atoms with Crippen LogP contribution < -0.4 is 14.2 Å². The second kappa shape index (κ2) is 8.94. The van der Waals surface area contributed by atoms with Gasteiger partial charge in [-0.2, -0.15) is 0 Å². The van der Waals surface area contributed by atoms with E-state index in [2.05, 4.69) is 15.9 Å². The number of Topliss-reactive ketones (excluding diaryl/α,β-unsaturated/α-hetero) is 2. The van der Waals surface area contributed by atoms with Crippen molar-refractivity contribution in [1.29, 1.82) is 0 Å². The van der Waals surface area contributed by atoms with Gasteiger partial charge in [0.2, 0.25) is 0 Å². The van der Waals surface area contributed by atoms with Crippen LogP contribution in [0.4, 0.5) is 0 Å². The van der Waals surface area contributed by atoms with Gasteiger partial charge in [0.05, 0.1) is 20.1 Å². The van der Waals surface area contributed by atoms with E-state index in [4.69, 9.17) is 14.2 Å². The molecule has 0 bridgehead atoms. The van der Waals surface area contributed by atoms with Crippen molar-refractivity contribution in [3.63, 3.8) is 0 Å². The maximum absolute atomic E-state index is 13.0. The molecule has 1 atom stereocenters. The highest BCUT2D eigenvalue weighted by Gasteiger charge is 2.37. The molecule has 0 aliphatic heterocycles. The van der Waals surface area contributed by atoms with Gasteiger partial charge in [-0.3, -0.25) is 9.59 Å². The van der Waals surface area contributed by atoms with Gasteiger partial charge >= 0.3 is 0 Å². The Labute approximate surface area is 189 Å². The van der Waals surface area contributed by atoms with Gasteiger partial charge in [-0.15, -0.1) is 0 Å². The van der Waals surface area contributed by atoms with Crippen LogP contribution in [0.3, 0.4) is 0 Å². The Hall–Kier alpha value is -3.12. The zero-order chi connectivity index (χ0) is 22.0. The smallest absolute Gasteiger partial charge is 0.174 e. The Balaban J connectivity index is 1.54. The average Bonchev–Trinajstić information content (AvgIpc) is 3.12. The van der Waals surface area contributed by atoms with Crippen molar-refractivity contribution in [1.82, 2.24) is 0 Å². The van der Waals surface area contributed by atoms with Crippen molar-refractivity contribution in [2.24, 2.45) is 5.92 Å². The predicted octanol–water partition coefficient (Wildman–Crippen LogP) is 5.28. The van der Waals surface area contributed by atoms with Gasteiger partial charge in [0.15, 0.2) is 23.1 Å². The minimum absolute atomic E-state index is 0.173. The standard InChI is InChI=1S/C25H21BrO5/c1-29-19-9-3-15(4-10-19)14-31-23-12-17-11-21(25(28)20(17)13-22(23)30-2)24(27)16-5-7-18(26)8-6-16/h3-10,12-13,21H,11,14H2,1-2H3. The quantitative estimate of drug-likeness (QED) is 0.339. The molecule has 0 heterocycles. The molecule has 1 aliphatic rings. The fourth-order valence-corrected chi connectivity index (χ4v) is 3.95. The number of carbonyl (C=O) groups is 2. The average molecular weight is 481 g/mol. The summed E-state index contributed by atoms with van der Waals surface area (Å²) in [7, 11) is 3.16. The van der Waals surface area contributed by atoms with E-state index in [0.29, 0.717) is 35.7 Å². The molecule has 0 N–H and O–H groups in total. The summed E-state index contributed by atoms with van der Waals surface area (Å²) in [5.74, 6) is 0.715. The molecule has 3 aromatic rings. The first-order valence-corrected chi connectivity index (χ1v) is 10.6. The molecular weight excluding hydrogens is 460 g/mol. The van der Waals surface area contributed by atoms with Gasteiger partial charge in [0, 0.05) is 15.6 Å². The summed E-state index contributed by atoms with van der Waals surface area (Å²) in [6, 6.07) is 18.1. The molecule has 0 amide bonds. The number of carbonyl (C=O) groups excluding carboxylic acids is 2. The molecule has 0 radical (unpaired) electrons. The first-order valence-electron chi connectivity index (χ1n) is 9.80. The molecule has 0 saturated heterocycles. The molecule has 0 saturated carbocycles. The number of hydrogen-bond donors (Lipinski definition) is 0. The van der Waals surface area contributed by atoms with E-state index >= 15 is 0 Å². The third-order valence-corrected chi connectivity index (χ3v) is 5.92. The van der Waals surface area contributed by atoms with Crippen LogP contribution in [0, 0.1) is 5.92 Å². The molecule has 31 heavy (non-hydrogen) atoms. The largest absolute Gasteiger partial charge is 0.497 e. The van der Waals surface area contributed by atoms with Crippen LogP contribution in [0.25, 0.3) is 0 Å². The number of ketones is 2. The molecule has 158 valence electrons. The Morgan fingerprint density at radius 1 is 0.968 bits per heavy atom. The minimum Gasteiger partial charge on any atom is -0.497 e. The molecule has 3 aromatic carbocycles. The minimum atomic E-state index is -0.724. The van der Waals surface area contributed by atoms with Crippen LogP contribution >= 0.6 is 15.9 Å². The lowest BCUT2D eigenvalue weighted by atomic mass is 9.94. The van der Waals surface area contributed by atoms with E-state index in [-0.39, 0.29) is 11.6 Å². The number of ether oxygens (including phenoxy) is 3. The number of halogens is 1. The maximum atomic E-state index is 13.0. The molecule has 4 rings (SSSR count). The number of benzene rings is 3. The molecule has 5 nitrogen and oxygen atoms in total. The lowest BCUT2D eigenvalue weighted by Crippen LogP contribution is -2.20. The van der Waals surface area contributed by atoms with Crippen LogP contribution in [0.1, 0.15) is 31.8 Å². The lowest BCUT2D eigenvalue weighted by molar-refractivity contribution is 0.0822. The van der Waals surface area contributed by atoms with Crippen LogP contribution in [-0.2, 0) is 13.0 Å². The van der Waals surface area contributed by atoms with Gasteiger partial charge in [0.25, 0.3) is 0 Å². The van der Waals surface area contributed by atoms with Gasteiger partial charge in [-0.25, -0.2) is 0 Å². The molecular formula is C25H21BrO5. The van der Waals surface area contributed by atoms with Gasteiger partial charge < -0.3 is 14.2 Å². The third kappa shape index (κ3) is 4.35. The number of rotatable bonds is 7. The zero-order valence-electron chi connectivity index (χ0n) is 17.2. The van der Waals surface area contributed by atoms with E-state index in [1.807, 2.05) is 30.3 Å². The zero-order valence-corrected chi connectivity index (χ0v) is 18.8. The Bertz CT molecular complexity index is 1120. The summed E-state index contributed by atoms with van der Waals surface area (Å²) in [6.07, 6.45) is 0.353. The monoisotopic (exact) mass is 480 g/mol. The third-order valence-electron chi connectivity index (χ3n) is 5.39. The topological polar surface area (TPSA) is 61.8 Å². The molecule has 0 fully saturated rings. The van der Waals surface area contributed by atoms with Crippen molar-refractivity contribution in [2.45, 2.75) is 13.0 Å². The van der Waals surface area contributed by atoms with E-state index in [1.165, 1.54) is 7.11 Å². The van der Waals surface area contributed by atoms with Crippen molar-refractivity contribution in [3.8, 4) is 17.2 Å². The van der Waals surface area contributed by atoms with Crippen LogP contribution in [0.5, 0.6) is 17.2 Å². The number of fused-ring (bicyclic) bond motifs is 1. The predicted molar refractivity (Wildman–Crippen MR) is 120 cm³/mol. The summed E-state index contributed by atoms with van der Waals surface area (Å²) < 4.78 is 17.5. The van der Waals surface area contributed by atoms with Crippen molar-refractivity contribution in [3.05, 3.63) is 87.4 Å². The van der Waals surface area contributed by atoms with Crippen LogP contribution in [-0.4, -0.2) is 25.8 Å². The molecule has 1 unspecified atom stereocenters. The first-order chi connectivity index (χ1) is 15.0. The fraction of sp³-hybridized carbons (Fsp3) is 0.200. The maximum Gasteiger partial charge on any atom is 0.174 e. The second-order valence-electron chi connectivity index (χ2n) is 7.29. The highest BCUT2D eigenvalue weighted by Crippen LogP contribution is 2.38. The van der Waals surface area contributed by atoms with E-state index in [0.717, 1.165) is 21.3 Å². The Morgan fingerprint density at radius 2 is 1.68 bits per heavy atom. The van der Waals surface area contributed by atoms with Gasteiger partial charge in [-0.05, 0) is 53.9 Å². The van der Waals surface area contributed by atoms with Crippen LogP contribution in [0.15, 0.2) is 65.1 Å². The first kappa shape index (κ1) is 21.1. The second-order valence-corrected chi connectivity index (χ2v) is 8.20. The molecule has 6 heteroatoms. The summed E-state index contributed by atoms with van der Waals surface area (Å²) in [5.41, 5.74) is 2.81. The fourth-order valence-electron chi connectivity index (χ4n) is 3.68. The van der Waals surface area contributed by atoms with E-state index in [9.17, 15) is 9.59 Å². The highest BCUT2D eigenvalue weighted by atomic mass is 79.9. The lowest BCUT2D eigenvalue weighted by Gasteiger charge is -2.13. The Kier molecular flexibility index (Phi) is 6.09. The van der Waals surface area contributed by atoms with Crippen LogP contribution in [0.2, 0.25) is 0 Å². The van der Waals surface area contributed by atoms with Crippen molar-refractivity contribution < 1.29 is 23.8 Å². The molecule has 0 spiro atoms. The summed E-state index contributed by atoms with van der Waals surface area (Å²) in [6.45, 7) is 0.342. The highest BCUT2D eigenvalue weighted by molar-refractivity contribution is 9.10. The van der Waals surface area contributed by atoms with Crippen molar-refractivity contribution in [2.75, 3.05) is 14.2 Å². The number of hydrogen-bond acceptors (Lipinski definition) is 5. The molecule has 1 aliphatic carbocycles. The summed E-state index contributed by atoms with van der Waals surface area (Å²) in [5, 5.41) is 0. The number of methoxy groups -OCH3 is 2. The summed E-state index contributed by atoms with van der Waals surface area (Å²) >= 11 is 3.36. The van der Waals surface area contributed by atoms with Gasteiger partial charge in [0.1, 0.15) is 12.4 Å². The normalized spacial score (nSPS) is 14.8. The Morgan fingerprint density at radius 3 is 2.32 bits per heavy atom. The summed E-state index contributed by atoms with van der Waals surface area (Å²) in [4.78, 5) is 25.9. The van der Waals surface area contributed by atoms with Gasteiger partial charge in [-0.1, -0.05) is 40.2 Å². The van der Waals surface area contributed by atoms with E-state index in [1.54, 1.807) is 37.4 Å². The van der Waals surface area contributed by atoms with E-state index < -0.39 is 5.92 Å². The SMILES string of the molecule is COc1ccc(COc2cc3c(cc2OC)C(=O)C(C(=O)c2ccc(Br)cc2)C3)cc1.